The van der Waals surface area contributed by atoms with Crippen LogP contribution >= 0.6 is 0 Å². The number of phenols is 1. The Labute approximate surface area is 209 Å². The number of nitrogens with one attached hydrogen (secondary N) is 2. The van der Waals surface area contributed by atoms with Crippen molar-refractivity contribution in [2.45, 2.75) is 70.1 Å². The van der Waals surface area contributed by atoms with Gasteiger partial charge in [-0.2, -0.15) is 0 Å². The Kier molecular flexibility index (Phi) is 10.2. The van der Waals surface area contributed by atoms with Crippen LogP contribution in [0.5, 0.6) is 5.75 Å². The summed E-state index contributed by atoms with van der Waals surface area (Å²) < 4.78 is 0. The molecule has 4 atom stereocenters. The molecule has 1 heterocycles. The predicted octanol–water partition coefficient (Wildman–Crippen LogP) is -0.771. The topological polar surface area (TPSA) is 205 Å². The van der Waals surface area contributed by atoms with E-state index in [-0.39, 0.29) is 25.0 Å². The van der Waals surface area contributed by atoms with Gasteiger partial charge in [0.2, 0.25) is 23.6 Å². The van der Waals surface area contributed by atoms with Crippen molar-refractivity contribution in [1.82, 2.24) is 15.5 Å². The number of hydrogen-bond acceptors (Lipinski definition) is 7. The van der Waals surface area contributed by atoms with Crippen molar-refractivity contribution < 1.29 is 34.2 Å². The SMILES string of the molecule is CC(C)C(NC(=O)C(Cc1ccc(O)cc1)NC(=O)C1CCCN1C(=O)C(N)CCC(N)=O)C(=O)O. The Morgan fingerprint density at radius 1 is 1.11 bits per heavy atom. The third-order valence-electron chi connectivity index (χ3n) is 6.10. The lowest BCUT2D eigenvalue weighted by atomic mass is 10.0. The first-order valence-corrected chi connectivity index (χ1v) is 11.9. The minimum atomic E-state index is -1.20. The highest BCUT2D eigenvalue weighted by Crippen LogP contribution is 2.20. The number of aromatic hydroxyl groups is 1. The fourth-order valence-corrected chi connectivity index (χ4v) is 4.05. The first kappa shape index (κ1) is 28.6. The van der Waals surface area contributed by atoms with Crippen LogP contribution in [0, 0.1) is 5.92 Å². The lowest BCUT2D eigenvalue weighted by molar-refractivity contribution is -0.144. The number of nitrogens with two attached hydrogens (primary N) is 2. The summed E-state index contributed by atoms with van der Waals surface area (Å²) in [5.41, 5.74) is 11.7. The van der Waals surface area contributed by atoms with E-state index in [9.17, 15) is 34.2 Å². The maximum Gasteiger partial charge on any atom is 0.326 e. The van der Waals surface area contributed by atoms with Gasteiger partial charge < -0.3 is 37.2 Å². The normalized spacial score (nSPS) is 17.8. The Bertz CT molecular complexity index is 966. The van der Waals surface area contributed by atoms with Crippen LogP contribution in [-0.2, 0) is 30.4 Å². The van der Waals surface area contributed by atoms with Crippen molar-refractivity contribution in [1.29, 1.82) is 0 Å². The van der Waals surface area contributed by atoms with Gasteiger partial charge in [-0.15, -0.1) is 0 Å². The average Bonchev–Trinajstić information content (AvgIpc) is 3.30. The van der Waals surface area contributed by atoms with E-state index in [0.29, 0.717) is 24.9 Å². The minimum Gasteiger partial charge on any atom is -0.508 e. The van der Waals surface area contributed by atoms with Crippen LogP contribution in [-0.4, -0.2) is 75.4 Å². The van der Waals surface area contributed by atoms with Crippen LogP contribution < -0.4 is 22.1 Å². The van der Waals surface area contributed by atoms with E-state index >= 15 is 0 Å². The molecule has 1 aromatic rings. The lowest BCUT2D eigenvalue weighted by Gasteiger charge is -2.29. The number of carboxylic acids is 1. The standard InChI is InChI=1S/C24H35N5O7/c1-13(2)20(24(35)36)28-21(32)17(12-14-5-7-15(30)8-6-14)27-22(33)18-4-3-11-29(18)23(34)16(25)9-10-19(26)31/h5-8,13,16-18,20,30H,3-4,9-12,25H2,1-2H3,(H2,26,31)(H,27,33)(H,28,32)(H,35,36). The number of carboxylic acid groups (broad SMARTS) is 1. The number of likely N-dealkylation sites (tertiary alicyclic amines) is 1. The van der Waals surface area contributed by atoms with E-state index in [1.807, 2.05) is 0 Å². The molecule has 1 aromatic carbocycles. The van der Waals surface area contributed by atoms with E-state index in [0.717, 1.165) is 0 Å². The molecule has 0 saturated carbocycles. The lowest BCUT2D eigenvalue weighted by Crippen LogP contribution is -2.57. The van der Waals surface area contributed by atoms with Crippen LogP contribution in [0.1, 0.15) is 45.1 Å². The second kappa shape index (κ2) is 12.9. The molecule has 0 bridgehead atoms. The van der Waals surface area contributed by atoms with Crippen molar-refractivity contribution in [2.24, 2.45) is 17.4 Å². The summed E-state index contributed by atoms with van der Waals surface area (Å²) in [6.45, 7) is 3.59. The molecule has 8 N–H and O–H groups in total. The Morgan fingerprint density at radius 3 is 2.31 bits per heavy atom. The molecule has 0 radical (unpaired) electrons. The molecule has 0 aromatic heterocycles. The highest BCUT2D eigenvalue weighted by Gasteiger charge is 2.38. The van der Waals surface area contributed by atoms with Gasteiger partial charge in [-0.25, -0.2) is 4.79 Å². The van der Waals surface area contributed by atoms with Crippen molar-refractivity contribution in [2.75, 3.05) is 6.54 Å². The molecule has 4 unspecified atom stereocenters. The fourth-order valence-electron chi connectivity index (χ4n) is 4.05. The Morgan fingerprint density at radius 2 is 1.75 bits per heavy atom. The third-order valence-corrected chi connectivity index (χ3v) is 6.10. The van der Waals surface area contributed by atoms with Crippen LogP contribution in [0.4, 0.5) is 0 Å². The highest BCUT2D eigenvalue weighted by atomic mass is 16.4. The molecule has 12 nitrogen and oxygen atoms in total. The van der Waals surface area contributed by atoms with E-state index in [2.05, 4.69) is 10.6 Å². The Hall–Kier alpha value is -3.67. The second-order valence-electron chi connectivity index (χ2n) is 9.30. The van der Waals surface area contributed by atoms with Crippen LogP contribution in [0.25, 0.3) is 0 Å². The van der Waals surface area contributed by atoms with Gasteiger partial charge >= 0.3 is 5.97 Å². The number of aliphatic carboxylic acids is 1. The number of nitrogens with zero attached hydrogens (tertiary/aromatic N) is 1. The molecule has 1 fully saturated rings. The van der Waals surface area contributed by atoms with Gasteiger partial charge in [-0.05, 0) is 42.9 Å². The maximum atomic E-state index is 13.2. The molecule has 2 rings (SSSR count). The van der Waals surface area contributed by atoms with Gasteiger partial charge in [-0.3, -0.25) is 19.2 Å². The molecule has 0 spiro atoms. The summed E-state index contributed by atoms with van der Waals surface area (Å²) in [4.78, 5) is 63.0. The van der Waals surface area contributed by atoms with Crippen molar-refractivity contribution >= 4 is 29.6 Å². The minimum absolute atomic E-state index is 0.0288. The Balaban J connectivity index is 2.19. The van der Waals surface area contributed by atoms with Crippen LogP contribution in [0.2, 0.25) is 0 Å². The van der Waals surface area contributed by atoms with Gasteiger partial charge in [-0.1, -0.05) is 26.0 Å². The number of benzene rings is 1. The number of primary amides is 1. The van der Waals surface area contributed by atoms with Gasteiger partial charge in [0, 0.05) is 19.4 Å². The van der Waals surface area contributed by atoms with Crippen molar-refractivity contribution in [3.63, 3.8) is 0 Å². The third kappa shape index (κ3) is 7.94. The number of rotatable bonds is 12. The van der Waals surface area contributed by atoms with E-state index < -0.39 is 59.7 Å². The first-order valence-electron chi connectivity index (χ1n) is 11.9. The van der Waals surface area contributed by atoms with Gasteiger partial charge in [0.05, 0.1) is 6.04 Å². The van der Waals surface area contributed by atoms with Gasteiger partial charge in [0.15, 0.2) is 0 Å². The summed E-state index contributed by atoms with van der Waals surface area (Å²) in [7, 11) is 0. The van der Waals surface area contributed by atoms with Crippen LogP contribution in [0.3, 0.4) is 0 Å². The second-order valence-corrected chi connectivity index (χ2v) is 9.30. The van der Waals surface area contributed by atoms with Gasteiger partial charge in [0.25, 0.3) is 0 Å². The molecule has 4 amide bonds. The van der Waals surface area contributed by atoms with Gasteiger partial charge in [0.1, 0.15) is 23.9 Å². The number of phenolic OH excluding ortho intramolecular Hbond substituents is 1. The predicted molar refractivity (Wildman–Crippen MR) is 129 cm³/mol. The number of carbonyl (C=O) groups is 5. The first-order chi connectivity index (χ1) is 16.9. The van der Waals surface area contributed by atoms with E-state index in [1.165, 1.54) is 17.0 Å². The summed E-state index contributed by atoms with van der Waals surface area (Å²) in [6.07, 6.45) is 0.928. The molecular weight excluding hydrogens is 470 g/mol. The molecule has 1 saturated heterocycles. The largest absolute Gasteiger partial charge is 0.508 e. The van der Waals surface area contributed by atoms with Crippen molar-refractivity contribution in [3.05, 3.63) is 29.8 Å². The molecule has 0 aliphatic carbocycles. The number of hydrogen-bond donors (Lipinski definition) is 6. The number of amides is 4. The smallest absolute Gasteiger partial charge is 0.326 e. The molecule has 12 heteroatoms. The molecule has 1 aliphatic rings. The molecule has 36 heavy (non-hydrogen) atoms. The fraction of sp³-hybridized carbons (Fsp3) is 0.542. The van der Waals surface area contributed by atoms with E-state index in [1.54, 1.807) is 26.0 Å². The zero-order chi connectivity index (χ0) is 27.0. The summed E-state index contributed by atoms with van der Waals surface area (Å²) in [5.74, 6) is -3.91. The summed E-state index contributed by atoms with van der Waals surface area (Å²) >= 11 is 0. The van der Waals surface area contributed by atoms with Crippen LogP contribution in [0.15, 0.2) is 24.3 Å². The maximum absolute atomic E-state index is 13.2. The molecule has 1 aliphatic heterocycles. The van der Waals surface area contributed by atoms with E-state index in [4.69, 9.17) is 11.5 Å². The average molecular weight is 506 g/mol. The molecular formula is C24H35N5O7. The van der Waals surface area contributed by atoms with Crippen molar-refractivity contribution in [3.8, 4) is 5.75 Å². The summed E-state index contributed by atoms with van der Waals surface area (Å²) in [6, 6.07) is 1.88. The zero-order valence-electron chi connectivity index (χ0n) is 20.5. The quantitative estimate of drug-likeness (QED) is 0.212. The monoisotopic (exact) mass is 505 g/mol. The zero-order valence-corrected chi connectivity index (χ0v) is 20.5. The number of carbonyl (C=O) groups excluding carboxylic acids is 4. The highest BCUT2D eigenvalue weighted by molar-refractivity contribution is 5.94. The summed E-state index contributed by atoms with van der Waals surface area (Å²) in [5, 5.41) is 24.1. The molecule has 198 valence electrons.